The molecule has 0 amide bonds. The van der Waals surface area contributed by atoms with Crippen molar-refractivity contribution >= 4 is 5.69 Å². The highest BCUT2D eigenvalue weighted by Gasteiger charge is 2.12. The smallest absolute Gasteiger partial charge is 0.160 e. The fraction of sp³-hybridized carbons (Fsp3) is 0.250. The van der Waals surface area contributed by atoms with E-state index in [2.05, 4.69) is 0 Å². The molecule has 0 saturated carbocycles. The summed E-state index contributed by atoms with van der Waals surface area (Å²) in [5.41, 5.74) is 16.7. The Bertz CT molecular complexity index is 315. The molecule has 1 aromatic rings. The maximum Gasteiger partial charge on any atom is 0.160 e. The van der Waals surface area contributed by atoms with Gasteiger partial charge in [0.2, 0.25) is 0 Å². The summed E-state index contributed by atoms with van der Waals surface area (Å²) < 4.78 is 25.3. The van der Waals surface area contributed by atoms with Gasteiger partial charge in [0.25, 0.3) is 0 Å². The standard InChI is InChI=1S/C8H11F2N3/c9-5-1-4(8(13)3-11)7(12)2-6(5)10/h1-2,8H,3,11-13H2/t8-/m0/s1. The highest BCUT2D eigenvalue weighted by Crippen LogP contribution is 2.21. The van der Waals surface area contributed by atoms with E-state index >= 15 is 0 Å². The molecular weight excluding hydrogens is 176 g/mol. The molecule has 1 aromatic carbocycles. The van der Waals surface area contributed by atoms with Crippen LogP contribution in [0.15, 0.2) is 12.1 Å². The van der Waals surface area contributed by atoms with Gasteiger partial charge in [0.1, 0.15) is 0 Å². The summed E-state index contributed by atoms with van der Waals surface area (Å²) in [5, 5.41) is 0. The topological polar surface area (TPSA) is 78.1 Å². The van der Waals surface area contributed by atoms with E-state index < -0.39 is 17.7 Å². The minimum atomic E-state index is -0.981. The van der Waals surface area contributed by atoms with Gasteiger partial charge in [0, 0.05) is 24.3 Å². The predicted octanol–water partition coefficient (Wildman–Crippen LogP) is 0.506. The fourth-order valence-electron chi connectivity index (χ4n) is 1.03. The highest BCUT2D eigenvalue weighted by atomic mass is 19.2. The lowest BCUT2D eigenvalue weighted by molar-refractivity contribution is 0.506. The molecule has 0 unspecified atom stereocenters. The van der Waals surface area contributed by atoms with E-state index in [1.54, 1.807) is 0 Å². The molecule has 72 valence electrons. The molecule has 0 fully saturated rings. The van der Waals surface area contributed by atoms with Gasteiger partial charge in [-0.05, 0) is 11.6 Å². The van der Waals surface area contributed by atoms with E-state index in [9.17, 15) is 8.78 Å². The van der Waals surface area contributed by atoms with Crippen molar-refractivity contribution in [2.75, 3.05) is 12.3 Å². The third kappa shape index (κ3) is 1.93. The van der Waals surface area contributed by atoms with Crippen LogP contribution in [0.25, 0.3) is 0 Å². The molecule has 0 aliphatic carbocycles. The molecular formula is C8H11F2N3. The van der Waals surface area contributed by atoms with Gasteiger partial charge in [-0.25, -0.2) is 8.78 Å². The first-order chi connectivity index (χ1) is 6.06. The molecule has 1 atom stereocenters. The van der Waals surface area contributed by atoms with Gasteiger partial charge in [-0.3, -0.25) is 0 Å². The lowest BCUT2D eigenvalue weighted by Crippen LogP contribution is -2.22. The number of hydrogen-bond donors (Lipinski definition) is 3. The van der Waals surface area contributed by atoms with Gasteiger partial charge in [0.15, 0.2) is 11.6 Å². The van der Waals surface area contributed by atoms with Crippen LogP contribution in [0.1, 0.15) is 11.6 Å². The van der Waals surface area contributed by atoms with E-state index in [0.29, 0.717) is 5.56 Å². The van der Waals surface area contributed by atoms with Crippen LogP contribution < -0.4 is 17.2 Å². The monoisotopic (exact) mass is 187 g/mol. The normalized spacial score (nSPS) is 12.9. The Morgan fingerprint density at radius 2 is 1.77 bits per heavy atom. The number of halogens is 2. The molecule has 1 rings (SSSR count). The predicted molar refractivity (Wildman–Crippen MR) is 46.8 cm³/mol. The van der Waals surface area contributed by atoms with Crippen molar-refractivity contribution < 1.29 is 8.78 Å². The summed E-state index contributed by atoms with van der Waals surface area (Å²) in [7, 11) is 0. The van der Waals surface area contributed by atoms with Crippen molar-refractivity contribution in [1.82, 2.24) is 0 Å². The molecule has 0 aliphatic heterocycles. The van der Waals surface area contributed by atoms with Gasteiger partial charge < -0.3 is 17.2 Å². The summed E-state index contributed by atoms with van der Waals surface area (Å²) >= 11 is 0. The summed E-state index contributed by atoms with van der Waals surface area (Å²) in [4.78, 5) is 0. The van der Waals surface area contributed by atoms with Crippen LogP contribution >= 0.6 is 0 Å². The molecule has 0 saturated heterocycles. The first-order valence-electron chi connectivity index (χ1n) is 3.76. The molecule has 13 heavy (non-hydrogen) atoms. The van der Waals surface area contributed by atoms with Crippen molar-refractivity contribution in [1.29, 1.82) is 0 Å². The summed E-state index contributed by atoms with van der Waals surface area (Å²) in [6.07, 6.45) is 0. The van der Waals surface area contributed by atoms with Crippen LogP contribution in [0.5, 0.6) is 0 Å². The van der Waals surface area contributed by atoms with E-state index in [1.165, 1.54) is 0 Å². The number of nitrogen functional groups attached to an aromatic ring is 1. The van der Waals surface area contributed by atoms with E-state index in [0.717, 1.165) is 12.1 Å². The number of rotatable bonds is 2. The Morgan fingerprint density at radius 1 is 1.23 bits per heavy atom. The summed E-state index contributed by atoms with van der Waals surface area (Å²) in [5.74, 6) is -1.95. The SMILES string of the molecule is NC[C@H](N)c1cc(F)c(F)cc1N. The summed E-state index contributed by atoms with van der Waals surface area (Å²) in [6, 6.07) is 1.32. The Morgan fingerprint density at radius 3 is 2.31 bits per heavy atom. The second kappa shape index (κ2) is 3.68. The quantitative estimate of drug-likeness (QED) is 0.590. The zero-order chi connectivity index (χ0) is 10.0. The molecule has 6 N–H and O–H groups in total. The zero-order valence-corrected chi connectivity index (χ0v) is 6.93. The maximum absolute atomic E-state index is 12.7. The largest absolute Gasteiger partial charge is 0.398 e. The highest BCUT2D eigenvalue weighted by molar-refractivity contribution is 5.49. The van der Waals surface area contributed by atoms with Gasteiger partial charge in [0.05, 0.1) is 0 Å². The molecule has 0 aliphatic rings. The van der Waals surface area contributed by atoms with Crippen molar-refractivity contribution in [3.05, 3.63) is 29.3 Å². The van der Waals surface area contributed by atoms with Gasteiger partial charge in [-0.15, -0.1) is 0 Å². The zero-order valence-electron chi connectivity index (χ0n) is 6.93. The van der Waals surface area contributed by atoms with E-state index in [4.69, 9.17) is 17.2 Å². The van der Waals surface area contributed by atoms with Crippen LogP contribution in [0.2, 0.25) is 0 Å². The Labute approximate surface area is 74.5 Å². The lowest BCUT2D eigenvalue weighted by Gasteiger charge is -2.12. The van der Waals surface area contributed by atoms with E-state index in [1.807, 2.05) is 0 Å². The van der Waals surface area contributed by atoms with Gasteiger partial charge >= 0.3 is 0 Å². The Balaban J connectivity index is 3.15. The van der Waals surface area contributed by atoms with Crippen molar-refractivity contribution in [3.8, 4) is 0 Å². The van der Waals surface area contributed by atoms with Crippen LogP contribution in [0.4, 0.5) is 14.5 Å². The lowest BCUT2D eigenvalue weighted by atomic mass is 10.1. The number of hydrogen-bond acceptors (Lipinski definition) is 3. The molecule has 0 bridgehead atoms. The van der Waals surface area contributed by atoms with Crippen LogP contribution in [0, 0.1) is 11.6 Å². The third-order valence-electron chi connectivity index (χ3n) is 1.78. The minimum absolute atomic E-state index is 0.122. The van der Waals surface area contributed by atoms with Crippen molar-refractivity contribution in [3.63, 3.8) is 0 Å². The first kappa shape index (κ1) is 9.88. The number of benzene rings is 1. The average Bonchev–Trinajstić information content (AvgIpc) is 2.10. The fourth-order valence-corrected chi connectivity index (χ4v) is 1.03. The third-order valence-corrected chi connectivity index (χ3v) is 1.78. The van der Waals surface area contributed by atoms with Gasteiger partial charge in [-0.2, -0.15) is 0 Å². The molecule has 0 radical (unpaired) electrons. The Kier molecular flexibility index (Phi) is 2.79. The van der Waals surface area contributed by atoms with Crippen LogP contribution in [-0.2, 0) is 0 Å². The van der Waals surface area contributed by atoms with Crippen molar-refractivity contribution in [2.45, 2.75) is 6.04 Å². The summed E-state index contributed by atoms with van der Waals surface area (Å²) in [6.45, 7) is 0.134. The van der Waals surface area contributed by atoms with Crippen LogP contribution in [0.3, 0.4) is 0 Å². The second-order valence-electron chi connectivity index (χ2n) is 2.74. The molecule has 3 nitrogen and oxygen atoms in total. The average molecular weight is 187 g/mol. The second-order valence-corrected chi connectivity index (χ2v) is 2.74. The molecule has 0 aromatic heterocycles. The molecule has 5 heteroatoms. The van der Waals surface area contributed by atoms with Crippen LogP contribution in [-0.4, -0.2) is 6.54 Å². The van der Waals surface area contributed by atoms with Gasteiger partial charge in [-0.1, -0.05) is 0 Å². The molecule has 0 spiro atoms. The maximum atomic E-state index is 12.7. The van der Waals surface area contributed by atoms with Crippen molar-refractivity contribution in [2.24, 2.45) is 11.5 Å². The van der Waals surface area contributed by atoms with E-state index in [-0.39, 0.29) is 12.2 Å². The number of nitrogens with two attached hydrogens (primary N) is 3. The molecule has 0 heterocycles. The Hall–Kier alpha value is -1.20. The minimum Gasteiger partial charge on any atom is -0.398 e. The number of anilines is 1. The first-order valence-corrected chi connectivity index (χ1v) is 3.76.